The molecular formula is C12H18N2O4. The number of rotatable bonds is 4. The maximum absolute atomic E-state index is 12.1. The lowest BCUT2D eigenvalue weighted by Gasteiger charge is -2.22. The molecular weight excluding hydrogens is 236 g/mol. The number of nitrogens with zero attached hydrogens (tertiary/aromatic N) is 1. The zero-order chi connectivity index (χ0) is 13.3. The predicted octanol–water partition coefficient (Wildman–Crippen LogP) is 0.119. The highest BCUT2D eigenvalue weighted by Crippen LogP contribution is 2.28. The number of hydrogen-bond donors (Lipinski definition) is 2. The number of hydrogen-bond acceptors (Lipinski definition) is 4. The molecule has 0 aromatic heterocycles. The molecule has 2 N–H and O–H groups in total. The predicted molar refractivity (Wildman–Crippen MR) is 62.7 cm³/mol. The summed E-state index contributed by atoms with van der Waals surface area (Å²) in [6, 6.07) is -1.48. The number of imide groups is 1. The molecule has 0 aromatic carbocycles. The van der Waals surface area contributed by atoms with Crippen LogP contribution in [0.1, 0.15) is 39.0 Å². The minimum atomic E-state index is -1.02. The van der Waals surface area contributed by atoms with E-state index in [0.717, 1.165) is 25.7 Å². The van der Waals surface area contributed by atoms with Gasteiger partial charge in [-0.15, -0.1) is 0 Å². The molecule has 1 saturated heterocycles. The summed E-state index contributed by atoms with van der Waals surface area (Å²) in [6.45, 7) is 1.47. The number of nitrogens with one attached hydrogen (secondary N) is 1. The van der Waals surface area contributed by atoms with Gasteiger partial charge < -0.3 is 5.11 Å². The smallest absolute Gasteiger partial charge is 0.320 e. The molecule has 2 amide bonds. The van der Waals surface area contributed by atoms with Gasteiger partial charge in [0.15, 0.2) is 0 Å². The van der Waals surface area contributed by atoms with Crippen LogP contribution in [0.5, 0.6) is 0 Å². The van der Waals surface area contributed by atoms with Crippen molar-refractivity contribution in [2.24, 2.45) is 0 Å². The highest BCUT2D eigenvalue weighted by Gasteiger charge is 2.43. The molecule has 1 aliphatic heterocycles. The first kappa shape index (κ1) is 13.0. The number of amides is 2. The van der Waals surface area contributed by atoms with Crippen molar-refractivity contribution >= 4 is 17.8 Å². The molecule has 1 heterocycles. The van der Waals surface area contributed by atoms with Crippen molar-refractivity contribution in [2.45, 2.75) is 57.2 Å². The minimum Gasteiger partial charge on any atom is -0.480 e. The standard InChI is InChI=1S/C12H18N2O4/c1-7(12(17)18)13-9-6-10(15)14(11(9)16)8-4-2-3-5-8/h7-9,13H,2-6H2,1H3,(H,17,18). The van der Waals surface area contributed by atoms with Crippen LogP contribution in [0, 0.1) is 0 Å². The zero-order valence-electron chi connectivity index (χ0n) is 10.4. The molecule has 0 aromatic rings. The molecule has 2 fully saturated rings. The third-order valence-electron chi connectivity index (χ3n) is 3.69. The molecule has 0 spiro atoms. The van der Waals surface area contributed by atoms with E-state index in [1.54, 1.807) is 0 Å². The van der Waals surface area contributed by atoms with Crippen molar-refractivity contribution in [3.8, 4) is 0 Å². The van der Waals surface area contributed by atoms with E-state index in [9.17, 15) is 14.4 Å². The number of aliphatic carboxylic acids is 1. The maximum atomic E-state index is 12.1. The first-order valence-corrected chi connectivity index (χ1v) is 6.35. The lowest BCUT2D eigenvalue weighted by atomic mass is 10.2. The molecule has 100 valence electrons. The Kier molecular flexibility index (Phi) is 3.65. The second kappa shape index (κ2) is 5.06. The summed E-state index contributed by atoms with van der Waals surface area (Å²) in [4.78, 5) is 36.0. The summed E-state index contributed by atoms with van der Waals surface area (Å²) in [5.41, 5.74) is 0. The Morgan fingerprint density at radius 1 is 1.39 bits per heavy atom. The molecule has 6 nitrogen and oxygen atoms in total. The number of carboxylic acid groups (broad SMARTS) is 1. The van der Waals surface area contributed by atoms with E-state index >= 15 is 0 Å². The molecule has 0 bridgehead atoms. The summed E-state index contributed by atoms with van der Waals surface area (Å²) in [5, 5.41) is 11.5. The topological polar surface area (TPSA) is 86.7 Å². The average Bonchev–Trinajstić information content (AvgIpc) is 2.88. The molecule has 2 unspecified atom stereocenters. The van der Waals surface area contributed by atoms with Crippen molar-refractivity contribution in [2.75, 3.05) is 0 Å². The summed E-state index contributed by atoms with van der Waals surface area (Å²) >= 11 is 0. The molecule has 2 atom stereocenters. The highest BCUT2D eigenvalue weighted by molar-refractivity contribution is 6.06. The first-order chi connectivity index (χ1) is 8.50. The number of likely N-dealkylation sites (tertiary alicyclic amines) is 1. The highest BCUT2D eigenvalue weighted by atomic mass is 16.4. The van der Waals surface area contributed by atoms with Gasteiger partial charge in [-0.25, -0.2) is 0 Å². The van der Waals surface area contributed by atoms with Crippen LogP contribution < -0.4 is 5.32 Å². The zero-order valence-corrected chi connectivity index (χ0v) is 10.4. The van der Waals surface area contributed by atoms with Crippen LogP contribution in [0.15, 0.2) is 0 Å². The number of carbonyl (C=O) groups is 3. The fourth-order valence-corrected chi connectivity index (χ4v) is 2.70. The second-order valence-corrected chi connectivity index (χ2v) is 5.02. The van der Waals surface area contributed by atoms with Gasteiger partial charge in [-0.05, 0) is 19.8 Å². The molecule has 2 aliphatic rings. The number of carboxylic acids is 1. The van der Waals surface area contributed by atoms with Gasteiger partial charge in [0.25, 0.3) is 0 Å². The Bertz CT molecular complexity index is 376. The van der Waals surface area contributed by atoms with E-state index in [-0.39, 0.29) is 24.3 Å². The molecule has 1 saturated carbocycles. The van der Waals surface area contributed by atoms with Crippen LogP contribution in [-0.2, 0) is 14.4 Å². The fraction of sp³-hybridized carbons (Fsp3) is 0.750. The van der Waals surface area contributed by atoms with E-state index < -0.39 is 18.1 Å². The maximum Gasteiger partial charge on any atom is 0.320 e. The van der Waals surface area contributed by atoms with Crippen molar-refractivity contribution in [1.29, 1.82) is 0 Å². The Morgan fingerprint density at radius 3 is 2.56 bits per heavy atom. The molecule has 2 rings (SSSR count). The van der Waals surface area contributed by atoms with Gasteiger partial charge in [-0.2, -0.15) is 0 Å². The monoisotopic (exact) mass is 254 g/mol. The van der Waals surface area contributed by atoms with Gasteiger partial charge in [-0.1, -0.05) is 12.8 Å². The number of carbonyl (C=O) groups excluding carboxylic acids is 2. The molecule has 1 aliphatic carbocycles. The summed E-state index contributed by atoms with van der Waals surface area (Å²) in [7, 11) is 0. The van der Waals surface area contributed by atoms with Gasteiger partial charge in [0, 0.05) is 6.04 Å². The SMILES string of the molecule is CC(NC1CC(=O)N(C2CCCC2)C1=O)C(=O)O. The summed E-state index contributed by atoms with van der Waals surface area (Å²) in [5.74, 6) is -1.46. The minimum absolute atomic E-state index is 0.0249. The Balaban J connectivity index is 2.02. The van der Waals surface area contributed by atoms with Crippen molar-refractivity contribution < 1.29 is 19.5 Å². The Labute approximate surface area is 105 Å². The van der Waals surface area contributed by atoms with E-state index in [1.165, 1.54) is 11.8 Å². The average molecular weight is 254 g/mol. The van der Waals surface area contributed by atoms with E-state index in [4.69, 9.17) is 5.11 Å². The van der Waals surface area contributed by atoms with Crippen LogP contribution in [0.4, 0.5) is 0 Å². The third-order valence-corrected chi connectivity index (χ3v) is 3.69. The van der Waals surface area contributed by atoms with Crippen LogP contribution >= 0.6 is 0 Å². The summed E-state index contributed by atoms with van der Waals surface area (Å²) < 4.78 is 0. The van der Waals surface area contributed by atoms with Crippen molar-refractivity contribution in [3.05, 3.63) is 0 Å². The Morgan fingerprint density at radius 2 is 2.00 bits per heavy atom. The van der Waals surface area contributed by atoms with Crippen molar-refractivity contribution in [1.82, 2.24) is 10.2 Å². The summed E-state index contributed by atoms with van der Waals surface area (Å²) in [6.07, 6.45) is 3.92. The van der Waals surface area contributed by atoms with Crippen LogP contribution in [0.25, 0.3) is 0 Å². The van der Waals surface area contributed by atoms with Gasteiger partial charge >= 0.3 is 5.97 Å². The van der Waals surface area contributed by atoms with Crippen LogP contribution in [0.2, 0.25) is 0 Å². The molecule has 18 heavy (non-hydrogen) atoms. The third kappa shape index (κ3) is 2.38. The first-order valence-electron chi connectivity index (χ1n) is 6.35. The van der Waals surface area contributed by atoms with E-state index in [2.05, 4.69) is 5.32 Å². The van der Waals surface area contributed by atoms with Gasteiger partial charge in [0.1, 0.15) is 6.04 Å². The quantitative estimate of drug-likeness (QED) is 0.696. The largest absolute Gasteiger partial charge is 0.480 e. The second-order valence-electron chi connectivity index (χ2n) is 5.02. The van der Waals surface area contributed by atoms with Crippen LogP contribution in [-0.4, -0.2) is 45.9 Å². The molecule has 0 radical (unpaired) electrons. The normalized spacial score (nSPS) is 26.9. The lowest BCUT2D eigenvalue weighted by Crippen LogP contribution is -2.47. The Hall–Kier alpha value is -1.43. The fourth-order valence-electron chi connectivity index (χ4n) is 2.70. The van der Waals surface area contributed by atoms with Crippen molar-refractivity contribution in [3.63, 3.8) is 0 Å². The van der Waals surface area contributed by atoms with E-state index in [0.29, 0.717) is 0 Å². The lowest BCUT2D eigenvalue weighted by molar-refractivity contribution is -0.141. The van der Waals surface area contributed by atoms with Crippen LogP contribution in [0.3, 0.4) is 0 Å². The van der Waals surface area contributed by atoms with Gasteiger partial charge in [0.2, 0.25) is 11.8 Å². The van der Waals surface area contributed by atoms with Gasteiger partial charge in [0.05, 0.1) is 12.5 Å². The van der Waals surface area contributed by atoms with E-state index in [1.807, 2.05) is 0 Å². The van der Waals surface area contributed by atoms with Gasteiger partial charge in [-0.3, -0.25) is 24.6 Å². The molecule has 6 heteroatoms.